The van der Waals surface area contributed by atoms with E-state index < -0.39 is 17.3 Å². The first-order valence-electron chi connectivity index (χ1n) is 7.75. The summed E-state index contributed by atoms with van der Waals surface area (Å²) in [5, 5.41) is 3.07. The molecule has 1 aliphatic carbocycles. The van der Waals surface area contributed by atoms with E-state index in [1.165, 1.54) is 9.47 Å². The maximum Gasteiger partial charge on any atom is 0.416 e. The number of fused-ring (bicyclic) bond motifs is 1. The first-order chi connectivity index (χ1) is 11.3. The zero-order chi connectivity index (χ0) is 17.5. The normalized spacial score (nSPS) is 23.4. The fraction of sp³-hybridized carbons (Fsp3) is 0.500. The highest BCUT2D eigenvalue weighted by atomic mass is 19.4. The van der Waals surface area contributed by atoms with Crippen molar-refractivity contribution in [3.05, 3.63) is 45.9 Å². The summed E-state index contributed by atoms with van der Waals surface area (Å²) < 4.78 is 39.9. The number of carbonyl (C=O) groups excluding carboxylic acids is 1. The van der Waals surface area contributed by atoms with Crippen molar-refractivity contribution >= 4 is 5.91 Å². The van der Waals surface area contributed by atoms with Crippen LogP contribution in [0.3, 0.4) is 0 Å². The highest BCUT2D eigenvalue weighted by molar-refractivity contribution is 5.81. The summed E-state index contributed by atoms with van der Waals surface area (Å²) in [5.41, 5.74) is -1.42. The van der Waals surface area contributed by atoms with Gasteiger partial charge in [-0.2, -0.15) is 13.2 Å². The molecule has 1 amide bonds. The van der Waals surface area contributed by atoms with Gasteiger partial charge in [0, 0.05) is 30.9 Å². The van der Waals surface area contributed by atoms with Gasteiger partial charge in [-0.1, -0.05) is 12.2 Å². The van der Waals surface area contributed by atoms with E-state index in [1.807, 2.05) is 19.2 Å². The second-order valence-electron chi connectivity index (χ2n) is 6.11. The van der Waals surface area contributed by atoms with Gasteiger partial charge in [-0.25, -0.2) is 0 Å². The van der Waals surface area contributed by atoms with Gasteiger partial charge in [0.1, 0.15) is 0 Å². The van der Waals surface area contributed by atoms with Crippen LogP contribution in [0.25, 0.3) is 0 Å². The predicted octanol–water partition coefficient (Wildman–Crippen LogP) is 1.37. The molecule has 0 radical (unpaired) electrons. The minimum absolute atomic E-state index is 0.0204. The number of aromatic nitrogens is 1. The fourth-order valence-corrected chi connectivity index (χ4v) is 3.21. The minimum Gasteiger partial charge on any atom is -0.335 e. The average Bonchev–Trinajstić information content (AvgIpc) is 3.01. The average molecular weight is 341 g/mol. The smallest absolute Gasteiger partial charge is 0.335 e. The van der Waals surface area contributed by atoms with E-state index in [0.29, 0.717) is 19.0 Å². The third kappa shape index (κ3) is 3.10. The van der Waals surface area contributed by atoms with Crippen LogP contribution in [0, 0.1) is 5.92 Å². The molecule has 0 saturated heterocycles. The molecular weight excluding hydrogens is 323 g/mol. The van der Waals surface area contributed by atoms with Gasteiger partial charge in [-0.15, -0.1) is 0 Å². The number of amides is 1. The Morgan fingerprint density at radius 3 is 2.62 bits per heavy atom. The Morgan fingerprint density at radius 1 is 1.25 bits per heavy atom. The van der Waals surface area contributed by atoms with E-state index in [-0.39, 0.29) is 36.7 Å². The largest absolute Gasteiger partial charge is 0.416 e. The van der Waals surface area contributed by atoms with E-state index in [9.17, 15) is 22.8 Å². The molecular formula is C16H18F3N3O2. The lowest BCUT2D eigenvalue weighted by Gasteiger charge is -2.32. The molecule has 130 valence electrons. The van der Waals surface area contributed by atoms with Gasteiger partial charge in [-0.05, 0) is 19.5 Å². The van der Waals surface area contributed by atoms with Crippen LogP contribution < -0.4 is 10.9 Å². The Kier molecular flexibility index (Phi) is 4.25. The third-order valence-corrected chi connectivity index (χ3v) is 4.57. The van der Waals surface area contributed by atoms with Crippen molar-refractivity contribution in [3.8, 4) is 0 Å². The van der Waals surface area contributed by atoms with Gasteiger partial charge in [0.15, 0.2) is 0 Å². The number of alkyl halides is 3. The van der Waals surface area contributed by atoms with Crippen LogP contribution in [0.2, 0.25) is 0 Å². The van der Waals surface area contributed by atoms with Crippen molar-refractivity contribution in [2.24, 2.45) is 5.92 Å². The highest BCUT2D eigenvalue weighted by Gasteiger charge is 2.34. The fourth-order valence-electron chi connectivity index (χ4n) is 3.21. The maximum atomic E-state index is 12.9. The zero-order valence-electron chi connectivity index (χ0n) is 13.1. The molecule has 1 aromatic rings. The van der Waals surface area contributed by atoms with Crippen molar-refractivity contribution in [2.45, 2.75) is 31.7 Å². The van der Waals surface area contributed by atoms with E-state index in [0.717, 1.165) is 6.07 Å². The molecule has 0 saturated carbocycles. The number of carbonyl (C=O) groups is 1. The van der Waals surface area contributed by atoms with E-state index in [1.54, 1.807) is 0 Å². The van der Waals surface area contributed by atoms with Gasteiger partial charge >= 0.3 is 6.18 Å². The number of halogens is 3. The van der Waals surface area contributed by atoms with E-state index >= 15 is 0 Å². The van der Waals surface area contributed by atoms with Crippen molar-refractivity contribution in [1.82, 2.24) is 14.8 Å². The molecule has 2 aliphatic rings. The monoisotopic (exact) mass is 341 g/mol. The standard InChI is InChI=1S/C16H18F3N3O2/c1-20-12-3-2-10(6-12)15(24)21-4-5-22-13(9-21)7-11(8-14(22)23)16(17,18)19/h2-3,7-8,10,12,20H,4-6,9H2,1H3/t10-,12+/m0/s1. The lowest BCUT2D eigenvalue weighted by Crippen LogP contribution is -2.44. The summed E-state index contributed by atoms with van der Waals surface area (Å²) in [6.45, 7) is 0.558. The second kappa shape index (κ2) is 6.08. The molecule has 5 nitrogen and oxygen atoms in total. The number of rotatable bonds is 2. The summed E-state index contributed by atoms with van der Waals surface area (Å²) in [6.07, 6.45) is -0.180. The SMILES string of the molecule is CN[C@@H]1C=C[C@H](C(=O)N2CCn3c(cc(C(F)(F)F)cc3=O)C2)C1. The Labute approximate surface area is 136 Å². The van der Waals surface area contributed by atoms with Crippen LogP contribution in [0.5, 0.6) is 0 Å². The van der Waals surface area contributed by atoms with Gasteiger partial charge < -0.3 is 14.8 Å². The molecule has 24 heavy (non-hydrogen) atoms. The molecule has 0 fully saturated rings. The van der Waals surface area contributed by atoms with Crippen LogP contribution in [-0.4, -0.2) is 35.0 Å². The quantitative estimate of drug-likeness (QED) is 0.827. The molecule has 3 rings (SSSR count). The van der Waals surface area contributed by atoms with Crippen LogP contribution in [0.4, 0.5) is 13.2 Å². The molecule has 0 aromatic carbocycles. The Bertz CT molecular complexity index is 739. The number of likely N-dealkylation sites (N-methyl/N-ethyl adjacent to an activating group) is 1. The highest BCUT2D eigenvalue weighted by Crippen LogP contribution is 2.30. The predicted molar refractivity (Wildman–Crippen MR) is 81.2 cm³/mol. The summed E-state index contributed by atoms with van der Waals surface area (Å²) in [4.78, 5) is 26.0. The van der Waals surface area contributed by atoms with Crippen molar-refractivity contribution in [2.75, 3.05) is 13.6 Å². The summed E-state index contributed by atoms with van der Waals surface area (Å²) in [7, 11) is 1.81. The summed E-state index contributed by atoms with van der Waals surface area (Å²) >= 11 is 0. The molecule has 0 bridgehead atoms. The van der Waals surface area contributed by atoms with Crippen LogP contribution >= 0.6 is 0 Å². The summed E-state index contributed by atoms with van der Waals surface area (Å²) in [6, 6.07) is 1.70. The second-order valence-corrected chi connectivity index (χ2v) is 6.11. The first-order valence-corrected chi connectivity index (χ1v) is 7.75. The van der Waals surface area contributed by atoms with Crippen molar-refractivity contribution in [3.63, 3.8) is 0 Å². The zero-order valence-corrected chi connectivity index (χ0v) is 13.1. The van der Waals surface area contributed by atoms with Gasteiger partial charge in [0.05, 0.1) is 18.0 Å². The Balaban J connectivity index is 1.81. The van der Waals surface area contributed by atoms with Crippen LogP contribution in [0.15, 0.2) is 29.1 Å². The molecule has 1 aromatic heterocycles. The Hall–Kier alpha value is -2.09. The molecule has 0 unspecified atom stereocenters. The lowest BCUT2D eigenvalue weighted by molar-refractivity contribution is -0.137. The topological polar surface area (TPSA) is 54.3 Å². The molecule has 2 heterocycles. The first kappa shape index (κ1) is 16.8. The number of hydrogen-bond donors (Lipinski definition) is 1. The van der Waals surface area contributed by atoms with E-state index in [4.69, 9.17) is 0 Å². The number of hydrogen-bond acceptors (Lipinski definition) is 3. The third-order valence-electron chi connectivity index (χ3n) is 4.57. The Morgan fingerprint density at radius 2 is 2.00 bits per heavy atom. The molecule has 1 aliphatic heterocycles. The minimum atomic E-state index is -4.57. The maximum absolute atomic E-state index is 12.9. The lowest BCUT2D eigenvalue weighted by atomic mass is 10.0. The van der Waals surface area contributed by atoms with Crippen molar-refractivity contribution in [1.29, 1.82) is 0 Å². The number of nitrogens with one attached hydrogen (secondary N) is 1. The van der Waals surface area contributed by atoms with Crippen LogP contribution in [-0.2, 0) is 24.1 Å². The van der Waals surface area contributed by atoms with Gasteiger partial charge in [-0.3, -0.25) is 9.59 Å². The molecule has 2 atom stereocenters. The molecule has 1 N–H and O–H groups in total. The number of nitrogens with zero attached hydrogens (tertiary/aromatic N) is 2. The molecule has 0 spiro atoms. The van der Waals surface area contributed by atoms with Gasteiger partial charge in [0.2, 0.25) is 5.91 Å². The van der Waals surface area contributed by atoms with Crippen LogP contribution in [0.1, 0.15) is 17.7 Å². The number of pyridine rings is 1. The van der Waals surface area contributed by atoms with E-state index in [2.05, 4.69) is 5.32 Å². The van der Waals surface area contributed by atoms with Crippen molar-refractivity contribution < 1.29 is 18.0 Å². The molecule has 8 heteroatoms. The summed E-state index contributed by atoms with van der Waals surface area (Å²) in [5.74, 6) is -0.383. The van der Waals surface area contributed by atoms with Gasteiger partial charge in [0.25, 0.3) is 5.56 Å².